The molecule has 0 radical (unpaired) electrons. The highest BCUT2D eigenvalue weighted by Crippen LogP contribution is 2.23. The van der Waals surface area contributed by atoms with E-state index in [9.17, 15) is 4.79 Å². The number of halogens is 1. The summed E-state index contributed by atoms with van der Waals surface area (Å²) in [5, 5.41) is 3.46. The lowest BCUT2D eigenvalue weighted by atomic mass is 10.2. The molecular weight excluding hydrogens is 302 g/mol. The highest BCUT2D eigenvalue weighted by Gasteiger charge is 2.14. The maximum absolute atomic E-state index is 12.1. The van der Waals surface area contributed by atoms with Crippen molar-refractivity contribution in [2.24, 2.45) is 0 Å². The van der Waals surface area contributed by atoms with Crippen molar-refractivity contribution < 1.29 is 4.79 Å². The number of hydrogen-bond donors (Lipinski definition) is 1. The van der Waals surface area contributed by atoms with Crippen LogP contribution in [0.4, 0.5) is 0 Å². The second kappa shape index (κ2) is 7.53. The van der Waals surface area contributed by atoms with Gasteiger partial charge in [0, 0.05) is 16.5 Å². The second-order valence-electron chi connectivity index (χ2n) is 4.88. The molecule has 0 unspecified atom stereocenters. The number of carbonyl (C=O) groups is 1. The van der Waals surface area contributed by atoms with E-state index >= 15 is 0 Å². The summed E-state index contributed by atoms with van der Waals surface area (Å²) in [6, 6.07) is 15.7. The standard InChI is InChI=1S/C17H18ClNOS/c1-12-7-9-15(10-8-12)21-13(2)17(20)19-11-14-5-3-4-6-16(14)18/h3-10,13H,11H2,1-2H3,(H,19,20)/t13-/m1/s1. The van der Waals surface area contributed by atoms with Gasteiger partial charge in [0.2, 0.25) is 5.91 Å². The molecule has 0 heterocycles. The number of thioether (sulfide) groups is 1. The van der Waals surface area contributed by atoms with Crippen LogP contribution < -0.4 is 5.32 Å². The lowest BCUT2D eigenvalue weighted by Crippen LogP contribution is -2.30. The summed E-state index contributed by atoms with van der Waals surface area (Å²) in [4.78, 5) is 13.2. The average molecular weight is 320 g/mol. The zero-order chi connectivity index (χ0) is 15.2. The number of aryl methyl sites for hydroxylation is 1. The number of benzene rings is 2. The van der Waals surface area contributed by atoms with Crippen LogP contribution in [0.5, 0.6) is 0 Å². The van der Waals surface area contributed by atoms with Gasteiger partial charge < -0.3 is 5.32 Å². The topological polar surface area (TPSA) is 29.1 Å². The fraction of sp³-hybridized carbons (Fsp3) is 0.235. The molecule has 0 spiro atoms. The molecule has 0 bridgehead atoms. The van der Waals surface area contributed by atoms with Gasteiger partial charge in [0.05, 0.1) is 5.25 Å². The molecule has 0 aliphatic carbocycles. The Kier molecular flexibility index (Phi) is 5.71. The van der Waals surface area contributed by atoms with Crippen LogP contribution in [0.2, 0.25) is 5.02 Å². The van der Waals surface area contributed by atoms with E-state index in [0.29, 0.717) is 11.6 Å². The minimum atomic E-state index is -0.143. The van der Waals surface area contributed by atoms with Crippen molar-refractivity contribution in [2.45, 2.75) is 30.5 Å². The van der Waals surface area contributed by atoms with E-state index in [1.807, 2.05) is 50.2 Å². The summed E-state index contributed by atoms with van der Waals surface area (Å²) >= 11 is 7.63. The molecule has 21 heavy (non-hydrogen) atoms. The van der Waals surface area contributed by atoms with Gasteiger partial charge in [-0.2, -0.15) is 0 Å². The van der Waals surface area contributed by atoms with Crippen molar-refractivity contribution in [2.75, 3.05) is 0 Å². The molecule has 4 heteroatoms. The maximum Gasteiger partial charge on any atom is 0.233 e. The first-order valence-corrected chi connectivity index (χ1v) is 8.06. The number of nitrogens with one attached hydrogen (secondary N) is 1. The van der Waals surface area contributed by atoms with Crippen LogP contribution in [-0.4, -0.2) is 11.2 Å². The second-order valence-corrected chi connectivity index (χ2v) is 6.70. The molecule has 110 valence electrons. The Hall–Kier alpha value is -1.45. The molecule has 2 rings (SSSR count). The van der Waals surface area contributed by atoms with Crippen molar-refractivity contribution in [1.82, 2.24) is 5.32 Å². The summed E-state index contributed by atoms with van der Waals surface area (Å²) in [7, 11) is 0. The van der Waals surface area contributed by atoms with E-state index in [0.717, 1.165) is 10.5 Å². The van der Waals surface area contributed by atoms with Crippen molar-refractivity contribution in [3.8, 4) is 0 Å². The molecule has 1 N–H and O–H groups in total. The lowest BCUT2D eigenvalue weighted by Gasteiger charge is -2.12. The predicted octanol–water partition coefficient (Wildman–Crippen LogP) is 4.45. The van der Waals surface area contributed by atoms with Crippen LogP contribution >= 0.6 is 23.4 Å². The quantitative estimate of drug-likeness (QED) is 0.825. The molecule has 0 saturated carbocycles. The van der Waals surface area contributed by atoms with E-state index in [2.05, 4.69) is 17.4 Å². The summed E-state index contributed by atoms with van der Waals surface area (Å²) in [6.45, 7) is 4.41. The van der Waals surface area contributed by atoms with E-state index in [-0.39, 0.29) is 11.2 Å². The van der Waals surface area contributed by atoms with Gasteiger partial charge in [-0.15, -0.1) is 11.8 Å². The Morgan fingerprint density at radius 1 is 1.19 bits per heavy atom. The lowest BCUT2D eigenvalue weighted by molar-refractivity contribution is -0.120. The van der Waals surface area contributed by atoms with Gasteiger partial charge in [-0.1, -0.05) is 47.5 Å². The molecule has 2 nitrogen and oxygen atoms in total. The zero-order valence-corrected chi connectivity index (χ0v) is 13.7. The van der Waals surface area contributed by atoms with E-state index in [4.69, 9.17) is 11.6 Å². The molecule has 0 aromatic heterocycles. The van der Waals surface area contributed by atoms with Gasteiger partial charge in [0.25, 0.3) is 0 Å². The average Bonchev–Trinajstić information content (AvgIpc) is 2.48. The summed E-state index contributed by atoms with van der Waals surface area (Å²) in [6.07, 6.45) is 0. The Balaban J connectivity index is 1.88. The molecular formula is C17H18ClNOS. The van der Waals surface area contributed by atoms with Gasteiger partial charge in [-0.3, -0.25) is 4.79 Å². The Morgan fingerprint density at radius 2 is 1.86 bits per heavy atom. The molecule has 1 amide bonds. The monoisotopic (exact) mass is 319 g/mol. The number of carbonyl (C=O) groups excluding carboxylic acids is 1. The van der Waals surface area contributed by atoms with Gasteiger partial charge in [-0.05, 0) is 37.6 Å². The fourth-order valence-corrected chi connectivity index (χ4v) is 2.94. The van der Waals surface area contributed by atoms with Crippen LogP contribution in [0.15, 0.2) is 53.4 Å². The normalized spacial score (nSPS) is 12.0. The van der Waals surface area contributed by atoms with Crippen molar-refractivity contribution in [3.05, 3.63) is 64.7 Å². The zero-order valence-electron chi connectivity index (χ0n) is 12.1. The molecule has 0 saturated heterocycles. The van der Waals surface area contributed by atoms with Crippen LogP contribution in [0, 0.1) is 6.92 Å². The van der Waals surface area contributed by atoms with E-state index in [1.54, 1.807) is 11.8 Å². The third-order valence-electron chi connectivity index (χ3n) is 3.11. The molecule has 2 aromatic rings. The largest absolute Gasteiger partial charge is 0.351 e. The Morgan fingerprint density at radius 3 is 2.52 bits per heavy atom. The molecule has 1 atom stereocenters. The molecule has 0 fully saturated rings. The first kappa shape index (κ1) is 15.9. The molecule has 2 aromatic carbocycles. The van der Waals surface area contributed by atoms with Gasteiger partial charge in [-0.25, -0.2) is 0 Å². The van der Waals surface area contributed by atoms with Crippen LogP contribution in [0.1, 0.15) is 18.1 Å². The van der Waals surface area contributed by atoms with Gasteiger partial charge in [0.1, 0.15) is 0 Å². The fourth-order valence-electron chi connectivity index (χ4n) is 1.84. The minimum absolute atomic E-state index is 0.0143. The van der Waals surface area contributed by atoms with Crippen LogP contribution in [-0.2, 0) is 11.3 Å². The predicted molar refractivity (Wildman–Crippen MR) is 89.8 cm³/mol. The van der Waals surface area contributed by atoms with Crippen molar-refractivity contribution >= 4 is 29.3 Å². The van der Waals surface area contributed by atoms with E-state index < -0.39 is 0 Å². The van der Waals surface area contributed by atoms with Gasteiger partial charge >= 0.3 is 0 Å². The SMILES string of the molecule is Cc1ccc(S[C@H](C)C(=O)NCc2ccccc2Cl)cc1. The van der Waals surface area contributed by atoms with E-state index in [1.165, 1.54) is 5.56 Å². The highest BCUT2D eigenvalue weighted by molar-refractivity contribution is 8.00. The number of amides is 1. The third kappa shape index (κ3) is 4.80. The molecule has 0 aliphatic rings. The first-order valence-electron chi connectivity index (χ1n) is 6.80. The Labute approximate surface area is 134 Å². The highest BCUT2D eigenvalue weighted by atomic mass is 35.5. The third-order valence-corrected chi connectivity index (χ3v) is 4.59. The number of hydrogen-bond acceptors (Lipinski definition) is 2. The van der Waals surface area contributed by atoms with Gasteiger partial charge in [0.15, 0.2) is 0 Å². The minimum Gasteiger partial charge on any atom is -0.351 e. The Bertz CT molecular complexity index is 612. The first-order chi connectivity index (χ1) is 10.1. The van der Waals surface area contributed by atoms with Crippen molar-refractivity contribution in [1.29, 1.82) is 0 Å². The maximum atomic E-state index is 12.1. The smallest absolute Gasteiger partial charge is 0.233 e. The van der Waals surface area contributed by atoms with Crippen LogP contribution in [0.25, 0.3) is 0 Å². The summed E-state index contributed by atoms with van der Waals surface area (Å²) < 4.78 is 0. The molecule has 0 aliphatic heterocycles. The summed E-state index contributed by atoms with van der Waals surface area (Å²) in [5.41, 5.74) is 2.15. The number of rotatable bonds is 5. The van der Waals surface area contributed by atoms with Crippen LogP contribution in [0.3, 0.4) is 0 Å². The summed E-state index contributed by atoms with van der Waals surface area (Å²) in [5.74, 6) is 0.0143. The van der Waals surface area contributed by atoms with Crippen molar-refractivity contribution in [3.63, 3.8) is 0 Å².